The molecule has 0 fully saturated rings. The van der Waals surface area contributed by atoms with Gasteiger partial charge in [-0.3, -0.25) is 4.98 Å². The Balaban J connectivity index is 2.63. The Morgan fingerprint density at radius 2 is 1.90 bits per heavy atom. The molecule has 0 spiro atoms. The fraction of sp³-hybridized carbons (Fsp3) is 0.643. The summed E-state index contributed by atoms with van der Waals surface area (Å²) in [4.78, 5) is 5.82. The van der Waals surface area contributed by atoms with Gasteiger partial charge in [0.1, 0.15) is 0 Å². The van der Waals surface area contributed by atoms with Gasteiger partial charge in [-0.2, -0.15) is 13.2 Å². The van der Waals surface area contributed by atoms with Crippen molar-refractivity contribution in [2.45, 2.75) is 45.5 Å². The van der Waals surface area contributed by atoms with Crippen molar-refractivity contribution in [1.29, 1.82) is 0 Å². The van der Waals surface area contributed by atoms with Crippen LogP contribution < -0.4 is 10.2 Å². The van der Waals surface area contributed by atoms with Crippen LogP contribution in [0.15, 0.2) is 18.3 Å². The van der Waals surface area contributed by atoms with Crippen LogP contribution >= 0.6 is 0 Å². The molecular formula is C14H22F3N3. The number of pyridine rings is 1. The molecule has 0 amide bonds. The number of alkyl halides is 3. The standard InChI is InChI=1S/C14H22F3N3/c1-13(2,3)19-10-11-9-12(5-7-18-11)20(4)8-6-14(15,16)17/h5,7,9,19H,6,8,10H2,1-4H3. The molecular weight excluding hydrogens is 267 g/mol. The average Bonchev–Trinajstić information content (AvgIpc) is 2.32. The Morgan fingerprint density at radius 1 is 1.25 bits per heavy atom. The lowest BCUT2D eigenvalue weighted by Gasteiger charge is -2.22. The maximum absolute atomic E-state index is 12.2. The molecule has 0 aliphatic carbocycles. The Kier molecular flexibility index (Phi) is 5.39. The van der Waals surface area contributed by atoms with Gasteiger partial charge in [0.15, 0.2) is 0 Å². The molecule has 1 rings (SSSR count). The van der Waals surface area contributed by atoms with Gasteiger partial charge in [0, 0.05) is 37.6 Å². The molecule has 0 aliphatic rings. The number of aromatic nitrogens is 1. The number of nitrogens with one attached hydrogen (secondary N) is 1. The third kappa shape index (κ3) is 6.75. The molecule has 0 atom stereocenters. The first kappa shape index (κ1) is 16.8. The normalized spacial score (nSPS) is 12.6. The minimum absolute atomic E-state index is 0.0279. The zero-order valence-corrected chi connectivity index (χ0v) is 12.4. The monoisotopic (exact) mass is 289 g/mol. The quantitative estimate of drug-likeness (QED) is 0.901. The van der Waals surface area contributed by atoms with Crippen molar-refractivity contribution in [3.8, 4) is 0 Å². The highest BCUT2D eigenvalue weighted by Crippen LogP contribution is 2.21. The van der Waals surface area contributed by atoms with Gasteiger partial charge in [-0.05, 0) is 32.9 Å². The van der Waals surface area contributed by atoms with Gasteiger partial charge >= 0.3 is 6.18 Å². The van der Waals surface area contributed by atoms with E-state index in [1.165, 1.54) is 0 Å². The summed E-state index contributed by atoms with van der Waals surface area (Å²) in [6, 6.07) is 3.53. The highest BCUT2D eigenvalue weighted by atomic mass is 19.4. The van der Waals surface area contributed by atoms with Gasteiger partial charge in [0.05, 0.1) is 12.1 Å². The molecule has 114 valence electrons. The fourth-order valence-electron chi connectivity index (χ4n) is 1.58. The number of hydrogen-bond donors (Lipinski definition) is 1. The lowest BCUT2D eigenvalue weighted by atomic mass is 10.1. The molecule has 0 unspecified atom stereocenters. The summed E-state index contributed by atoms with van der Waals surface area (Å²) < 4.78 is 36.6. The highest BCUT2D eigenvalue weighted by molar-refractivity contribution is 5.45. The fourth-order valence-corrected chi connectivity index (χ4v) is 1.58. The van der Waals surface area contributed by atoms with Crippen LogP contribution in [0, 0.1) is 0 Å². The number of anilines is 1. The van der Waals surface area contributed by atoms with Gasteiger partial charge in [0.2, 0.25) is 0 Å². The number of hydrogen-bond acceptors (Lipinski definition) is 3. The lowest BCUT2D eigenvalue weighted by Crippen LogP contribution is -2.35. The number of nitrogens with zero attached hydrogens (tertiary/aromatic N) is 2. The predicted octanol–water partition coefficient (Wildman–Crippen LogP) is 3.36. The van der Waals surface area contributed by atoms with E-state index in [2.05, 4.69) is 10.3 Å². The second-order valence-electron chi connectivity index (χ2n) is 5.90. The smallest absolute Gasteiger partial charge is 0.374 e. The summed E-state index contributed by atoms with van der Waals surface area (Å²) in [5, 5.41) is 3.30. The Morgan fingerprint density at radius 3 is 2.45 bits per heavy atom. The highest BCUT2D eigenvalue weighted by Gasteiger charge is 2.27. The third-order valence-corrected chi connectivity index (χ3v) is 2.77. The second kappa shape index (κ2) is 6.43. The average molecular weight is 289 g/mol. The van der Waals surface area contributed by atoms with Crippen LogP contribution in [0.2, 0.25) is 0 Å². The first-order valence-electron chi connectivity index (χ1n) is 6.55. The molecule has 1 aromatic rings. The number of rotatable bonds is 5. The van der Waals surface area contributed by atoms with Crippen molar-refractivity contribution < 1.29 is 13.2 Å². The Hall–Kier alpha value is -1.30. The van der Waals surface area contributed by atoms with E-state index in [0.717, 1.165) is 11.4 Å². The van der Waals surface area contributed by atoms with Crippen LogP contribution in [0.4, 0.5) is 18.9 Å². The topological polar surface area (TPSA) is 28.2 Å². The summed E-state index contributed by atoms with van der Waals surface area (Å²) in [7, 11) is 1.65. The van der Waals surface area contributed by atoms with E-state index < -0.39 is 12.6 Å². The maximum atomic E-state index is 12.2. The maximum Gasteiger partial charge on any atom is 0.390 e. The van der Waals surface area contributed by atoms with Gasteiger partial charge in [0.25, 0.3) is 0 Å². The van der Waals surface area contributed by atoms with Crippen LogP contribution in [-0.2, 0) is 6.54 Å². The Labute approximate surface area is 118 Å². The van der Waals surface area contributed by atoms with E-state index >= 15 is 0 Å². The van der Waals surface area contributed by atoms with Gasteiger partial charge in [-0.1, -0.05) is 0 Å². The van der Waals surface area contributed by atoms with E-state index in [1.54, 1.807) is 24.2 Å². The van der Waals surface area contributed by atoms with Crippen molar-refractivity contribution in [3.05, 3.63) is 24.0 Å². The lowest BCUT2D eigenvalue weighted by molar-refractivity contribution is -0.132. The molecule has 3 nitrogen and oxygen atoms in total. The molecule has 1 N–H and O–H groups in total. The van der Waals surface area contributed by atoms with Crippen molar-refractivity contribution in [1.82, 2.24) is 10.3 Å². The van der Waals surface area contributed by atoms with Crippen LogP contribution in [0.5, 0.6) is 0 Å². The minimum atomic E-state index is -4.13. The van der Waals surface area contributed by atoms with E-state index in [9.17, 15) is 13.2 Å². The summed E-state index contributed by atoms with van der Waals surface area (Å²) in [5.41, 5.74) is 1.53. The predicted molar refractivity (Wildman–Crippen MR) is 74.8 cm³/mol. The van der Waals surface area contributed by atoms with Gasteiger partial charge in [-0.25, -0.2) is 0 Å². The van der Waals surface area contributed by atoms with Crippen LogP contribution in [0.3, 0.4) is 0 Å². The molecule has 1 aromatic heterocycles. The SMILES string of the molecule is CN(CCC(F)(F)F)c1ccnc(CNC(C)(C)C)c1. The van der Waals surface area contributed by atoms with E-state index in [1.807, 2.05) is 26.8 Å². The van der Waals surface area contributed by atoms with E-state index in [-0.39, 0.29) is 12.1 Å². The molecule has 6 heteroatoms. The van der Waals surface area contributed by atoms with Crippen molar-refractivity contribution in [3.63, 3.8) is 0 Å². The molecule has 0 aliphatic heterocycles. The largest absolute Gasteiger partial charge is 0.390 e. The minimum Gasteiger partial charge on any atom is -0.374 e. The van der Waals surface area contributed by atoms with Gasteiger partial charge in [-0.15, -0.1) is 0 Å². The van der Waals surface area contributed by atoms with E-state index in [0.29, 0.717) is 6.54 Å². The summed E-state index contributed by atoms with van der Waals surface area (Å²) >= 11 is 0. The van der Waals surface area contributed by atoms with Crippen LogP contribution in [0.25, 0.3) is 0 Å². The van der Waals surface area contributed by atoms with Crippen molar-refractivity contribution in [2.24, 2.45) is 0 Å². The molecule has 20 heavy (non-hydrogen) atoms. The second-order valence-corrected chi connectivity index (χ2v) is 5.90. The molecule has 0 radical (unpaired) electrons. The first-order valence-corrected chi connectivity index (χ1v) is 6.55. The van der Waals surface area contributed by atoms with Crippen molar-refractivity contribution >= 4 is 5.69 Å². The Bertz CT molecular complexity index is 424. The van der Waals surface area contributed by atoms with Crippen molar-refractivity contribution in [2.75, 3.05) is 18.5 Å². The molecule has 0 bridgehead atoms. The van der Waals surface area contributed by atoms with Gasteiger partial charge < -0.3 is 10.2 Å². The molecule has 0 aromatic carbocycles. The first-order chi connectivity index (χ1) is 9.07. The molecule has 1 heterocycles. The zero-order chi connectivity index (χ0) is 15.4. The van der Waals surface area contributed by atoms with Crippen LogP contribution in [-0.4, -0.2) is 30.3 Å². The molecule has 0 saturated carbocycles. The third-order valence-electron chi connectivity index (χ3n) is 2.77. The zero-order valence-electron chi connectivity index (χ0n) is 12.4. The van der Waals surface area contributed by atoms with Crippen LogP contribution in [0.1, 0.15) is 32.9 Å². The summed E-state index contributed by atoms with van der Waals surface area (Å²) in [5.74, 6) is 0. The summed E-state index contributed by atoms with van der Waals surface area (Å²) in [6.07, 6.45) is -3.32. The summed E-state index contributed by atoms with van der Waals surface area (Å²) in [6.45, 7) is 6.68. The number of halogens is 3. The van der Waals surface area contributed by atoms with E-state index in [4.69, 9.17) is 0 Å². The molecule has 0 saturated heterocycles.